The molecular formula is C30H32N2O5. The van der Waals surface area contributed by atoms with Crippen molar-refractivity contribution in [1.82, 2.24) is 10.2 Å². The summed E-state index contributed by atoms with van der Waals surface area (Å²) in [7, 11) is 1.62. The Balaban J connectivity index is 1.73. The van der Waals surface area contributed by atoms with Gasteiger partial charge in [-0.25, -0.2) is 9.59 Å². The number of ether oxygens (including phenoxy) is 3. The summed E-state index contributed by atoms with van der Waals surface area (Å²) in [5.41, 5.74) is 4.65. The van der Waals surface area contributed by atoms with Gasteiger partial charge in [-0.1, -0.05) is 36.4 Å². The third kappa shape index (κ3) is 5.77. The number of nitrogens with one attached hydrogen (secondary N) is 1. The molecule has 4 rings (SSSR count). The van der Waals surface area contributed by atoms with Crippen LogP contribution < -0.4 is 14.8 Å². The number of aryl methyl sites for hydroxylation is 2. The summed E-state index contributed by atoms with van der Waals surface area (Å²) in [5, 5.41) is 2.94. The van der Waals surface area contributed by atoms with Gasteiger partial charge in [-0.15, -0.1) is 0 Å². The van der Waals surface area contributed by atoms with Gasteiger partial charge in [0.15, 0.2) is 0 Å². The highest BCUT2D eigenvalue weighted by atomic mass is 16.5. The van der Waals surface area contributed by atoms with E-state index in [-0.39, 0.29) is 19.2 Å². The minimum Gasteiger partial charge on any atom is -0.487 e. The molecule has 0 aliphatic carbocycles. The lowest BCUT2D eigenvalue weighted by molar-refractivity contribution is -0.139. The first-order valence-corrected chi connectivity index (χ1v) is 12.3. The Morgan fingerprint density at radius 3 is 2.43 bits per heavy atom. The highest BCUT2D eigenvalue weighted by molar-refractivity contribution is 5.95. The Morgan fingerprint density at radius 1 is 0.973 bits per heavy atom. The standard InChI is InChI=1S/C30H32N2O5/c1-6-35-29(33)27-25(18-36-26-16-19(2)15-20(3)21(26)4)32(5)30(34)31-28(27)22-11-10-14-24(17-22)37-23-12-8-7-9-13-23/h7-17,28H,6,18H2,1-5H3,(H,31,34). The van der Waals surface area contributed by atoms with E-state index in [9.17, 15) is 9.59 Å². The van der Waals surface area contributed by atoms with Gasteiger partial charge in [-0.05, 0) is 80.3 Å². The van der Waals surface area contributed by atoms with Gasteiger partial charge in [0.2, 0.25) is 0 Å². The van der Waals surface area contributed by atoms with Crippen LogP contribution in [0.5, 0.6) is 17.2 Å². The van der Waals surface area contributed by atoms with Crippen molar-refractivity contribution in [1.29, 1.82) is 0 Å². The molecule has 0 fully saturated rings. The number of hydrogen-bond donors (Lipinski definition) is 1. The lowest BCUT2D eigenvalue weighted by Crippen LogP contribution is -2.48. The van der Waals surface area contributed by atoms with Gasteiger partial charge in [0, 0.05) is 7.05 Å². The molecule has 0 aromatic heterocycles. The summed E-state index contributed by atoms with van der Waals surface area (Å²) < 4.78 is 17.6. The number of esters is 1. The predicted molar refractivity (Wildman–Crippen MR) is 142 cm³/mol. The molecule has 3 aromatic carbocycles. The molecule has 1 aliphatic rings. The third-order valence-corrected chi connectivity index (χ3v) is 6.37. The van der Waals surface area contributed by atoms with Crippen molar-refractivity contribution >= 4 is 12.0 Å². The van der Waals surface area contributed by atoms with E-state index in [2.05, 4.69) is 11.4 Å². The van der Waals surface area contributed by atoms with Crippen LogP contribution in [0.15, 0.2) is 78.0 Å². The molecule has 1 N–H and O–H groups in total. The Hall–Kier alpha value is -4.26. The van der Waals surface area contributed by atoms with Crippen molar-refractivity contribution in [2.45, 2.75) is 33.7 Å². The summed E-state index contributed by atoms with van der Waals surface area (Å²) in [5.74, 6) is 1.47. The van der Waals surface area contributed by atoms with E-state index in [1.165, 1.54) is 4.90 Å². The van der Waals surface area contributed by atoms with Gasteiger partial charge in [0.1, 0.15) is 23.9 Å². The minimum absolute atomic E-state index is 0.0263. The number of likely N-dealkylation sites (N-methyl/N-ethyl adjacent to an activating group) is 1. The first-order valence-electron chi connectivity index (χ1n) is 12.3. The second-order valence-electron chi connectivity index (χ2n) is 9.00. The molecule has 1 heterocycles. The van der Waals surface area contributed by atoms with E-state index in [4.69, 9.17) is 14.2 Å². The molecule has 7 heteroatoms. The number of rotatable bonds is 8. The number of urea groups is 1. The topological polar surface area (TPSA) is 77.1 Å². The normalized spacial score (nSPS) is 15.3. The average Bonchev–Trinajstić information content (AvgIpc) is 2.88. The van der Waals surface area contributed by atoms with Gasteiger partial charge < -0.3 is 19.5 Å². The number of para-hydroxylation sites is 1. The number of hydrogen-bond acceptors (Lipinski definition) is 5. The summed E-state index contributed by atoms with van der Waals surface area (Å²) in [6.07, 6.45) is 0. The molecule has 0 saturated carbocycles. The number of amides is 2. The highest BCUT2D eigenvalue weighted by Gasteiger charge is 2.37. The fourth-order valence-corrected chi connectivity index (χ4v) is 4.31. The Bertz CT molecular complexity index is 1330. The van der Waals surface area contributed by atoms with E-state index in [0.29, 0.717) is 34.1 Å². The maximum Gasteiger partial charge on any atom is 0.338 e. The molecule has 0 saturated heterocycles. The van der Waals surface area contributed by atoms with Crippen molar-refractivity contribution in [2.75, 3.05) is 20.3 Å². The Morgan fingerprint density at radius 2 is 1.70 bits per heavy atom. The molecule has 0 bridgehead atoms. The number of carbonyl (C=O) groups excluding carboxylic acids is 2. The highest BCUT2D eigenvalue weighted by Crippen LogP contribution is 2.34. The van der Waals surface area contributed by atoms with E-state index < -0.39 is 12.0 Å². The summed E-state index contributed by atoms with van der Waals surface area (Å²) in [4.78, 5) is 27.7. The van der Waals surface area contributed by atoms with Crippen LogP contribution in [0.4, 0.5) is 4.79 Å². The predicted octanol–water partition coefficient (Wildman–Crippen LogP) is 6.00. The Kier molecular flexibility index (Phi) is 7.82. The Labute approximate surface area is 217 Å². The van der Waals surface area contributed by atoms with Crippen molar-refractivity contribution < 1.29 is 23.8 Å². The van der Waals surface area contributed by atoms with E-state index in [0.717, 1.165) is 16.7 Å². The molecule has 1 atom stereocenters. The zero-order valence-electron chi connectivity index (χ0n) is 21.8. The van der Waals surface area contributed by atoms with Crippen LogP contribution in [-0.4, -0.2) is 37.2 Å². The van der Waals surface area contributed by atoms with Crippen molar-refractivity contribution in [3.05, 3.63) is 100 Å². The van der Waals surface area contributed by atoms with Crippen LogP contribution in [-0.2, 0) is 9.53 Å². The second kappa shape index (κ2) is 11.2. The third-order valence-electron chi connectivity index (χ3n) is 6.37. The monoisotopic (exact) mass is 500 g/mol. The lowest BCUT2D eigenvalue weighted by Gasteiger charge is -2.34. The molecule has 1 aliphatic heterocycles. The summed E-state index contributed by atoms with van der Waals surface area (Å²) in [6.45, 7) is 8.00. The maximum atomic E-state index is 13.3. The quantitative estimate of drug-likeness (QED) is 0.384. The molecule has 192 valence electrons. The smallest absolute Gasteiger partial charge is 0.338 e. The number of nitrogens with zero attached hydrogens (tertiary/aromatic N) is 1. The first-order chi connectivity index (χ1) is 17.8. The molecule has 7 nitrogen and oxygen atoms in total. The number of benzene rings is 3. The lowest BCUT2D eigenvalue weighted by atomic mass is 9.94. The van der Waals surface area contributed by atoms with Crippen LogP contribution in [0.25, 0.3) is 0 Å². The number of carbonyl (C=O) groups is 2. The van der Waals surface area contributed by atoms with E-state index in [1.54, 1.807) is 14.0 Å². The minimum atomic E-state index is -0.735. The molecule has 2 amide bonds. The SMILES string of the molecule is CCOC(=O)C1=C(COc2cc(C)cc(C)c2C)N(C)C(=O)NC1c1cccc(Oc2ccccc2)c1. The largest absolute Gasteiger partial charge is 0.487 e. The fraction of sp³-hybridized carbons (Fsp3) is 0.267. The van der Waals surface area contributed by atoms with Gasteiger partial charge >= 0.3 is 12.0 Å². The van der Waals surface area contributed by atoms with E-state index >= 15 is 0 Å². The molecule has 3 aromatic rings. The zero-order valence-corrected chi connectivity index (χ0v) is 21.8. The van der Waals surface area contributed by atoms with Crippen LogP contribution in [0.3, 0.4) is 0 Å². The first kappa shape index (κ1) is 25.8. The molecule has 0 radical (unpaired) electrons. The molecule has 1 unspecified atom stereocenters. The molecular weight excluding hydrogens is 468 g/mol. The molecule has 0 spiro atoms. The zero-order chi connectivity index (χ0) is 26.5. The van der Waals surface area contributed by atoms with Crippen molar-refractivity contribution in [2.24, 2.45) is 0 Å². The fourth-order valence-electron chi connectivity index (χ4n) is 4.31. The van der Waals surface area contributed by atoms with Gasteiger partial charge in [-0.3, -0.25) is 4.90 Å². The van der Waals surface area contributed by atoms with Crippen LogP contribution >= 0.6 is 0 Å². The summed E-state index contributed by atoms with van der Waals surface area (Å²) >= 11 is 0. The van der Waals surface area contributed by atoms with Crippen LogP contribution in [0.1, 0.15) is 35.2 Å². The second-order valence-corrected chi connectivity index (χ2v) is 9.00. The average molecular weight is 501 g/mol. The van der Waals surface area contributed by atoms with Crippen LogP contribution in [0.2, 0.25) is 0 Å². The van der Waals surface area contributed by atoms with Gasteiger partial charge in [0.25, 0.3) is 0 Å². The van der Waals surface area contributed by atoms with Crippen molar-refractivity contribution in [3.8, 4) is 17.2 Å². The maximum absolute atomic E-state index is 13.3. The van der Waals surface area contributed by atoms with Gasteiger partial charge in [-0.2, -0.15) is 0 Å². The van der Waals surface area contributed by atoms with E-state index in [1.807, 2.05) is 81.4 Å². The van der Waals surface area contributed by atoms with Gasteiger partial charge in [0.05, 0.1) is 23.9 Å². The molecule has 37 heavy (non-hydrogen) atoms. The van der Waals surface area contributed by atoms with Crippen molar-refractivity contribution in [3.63, 3.8) is 0 Å². The summed E-state index contributed by atoms with van der Waals surface area (Å²) in [6, 6.07) is 19.7. The van der Waals surface area contributed by atoms with Crippen LogP contribution in [0, 0.1) is 20.8 Å².